The van der Waals surface area contributed by atoms with Crippen LogP contribution in [0.2, 0.25) is 5.02 Å². The third-order valence-electron chi connectivity index (χ3n) is 4.51. The molecule has 4 heteroatoms. The molecule has 3 nitrogen and oxygen atoms in total. The van der Waals surface area contributed by atoms with Crippen molar-refractivity contribution in [1.29, 1.82) is 0 Å². The lowest BCUT2D eigenvalue weighted by molar-refractivity contribution is 0.103. The maximum absolute atomic E-state index is 12.8. The SMILES string of the molecule is CCCOCc1ccccc1Nc1ccc(C(=O)c2ccccc2C)c(Cl)c1. The molecular formula is C24H24ClNO2. The second-order valence-electron chi connectivity index (χ2n) is 6.67. The minimum Gasteiger partial charge on any atom is -0.377 e. The van der Waals surface area contributed by atoms with Crippen LogP contribution in [0.25, 0.3) is 0 Å². The number of anilines is 2. The Kier molecular flexibility index (Phi) is 6.85. The number of nitrogens with one attached hydrogen (secondary N) is 1. The predicted molar refractivity (Wildman–Crippen MR) is 116 cm³/mol. The smallest absolute Gasteiger partial charge is 0.194 e. The fraction of sp³-hybridized carbons (Fsp3) is 0.208. The van der Waals surface area contributed by atoms with Crippen LogP contribution in [-0.4, -0.2) is 12.4 Å². The summed E-state index contributed by atoms with van der Waals surface area (Å²) in [4.78, 5) is 12.8. The molecule has 0 saturated carbocycles. The second-order valence-corrected chi connectivity index (χ2v) is 7.08. The van der Waals surface area contributed by atoms with E-state index < -0.39 is 0 Å². The van der Waals surface area contributed by atoms with Gasteiger partial charge < -0.3 is 10.1 Å². The second kappa shape index (κ2) is 9.54. The van der Waals surface area contributed by atoms with E-state index in [1.54, 1.807) is 12.1 Å². The Bertz CT molecular complexity index is 968. The molecule has 0 saturated heterocycles. The fourth-order valence-corrected chi connectivity index (χ4v) is 3.27. The summed E-state index contributed by atoms with van der Waals surface area (Å²) < 4.78 is 5.67. The highest BCUT2D eigenvalue weighted by molar-refractivity contribution is 6.35. The van der Waals surface area contributed by atoms with Crippen molar-refractivity contribution in [3.8, 4) is 0 Å². The summed E-state index contributed by atoms with van der Waals surface area (Å²) in [5.41, 5.74) is 4.98. The minimum absolute atomic E-state index is 0.0667. The van der Waals surface area contributed by atoms with Gasteiger partial charge in [-0.1, -0.05) is 61.0 Å². The van der Waals surface area contributed by atoms with Crippen LogP contribution in [0.3, 0.4) is 0 Å². The number of hydrogen-bond donors (Lipinski definition) is 1. The summed E-state index contributed by atoms with van der Waals surface area (Å²) in [5.74, 6) is -0.0667. The van der Waals surface area contributed by atoms with Crippen molar-refractivity contribution in [1.82, 2.24) is 0 Å². The third kappa shape index (κ3) is 4.80. The summed E-state index contributed by atoms with van der Waals surface area (Å²) in [6.07, 6.45) is 0.988. The molecule has 3 rings (SSSR count). The van der Waals surface area contributed by atoms with E-state index in [2.05, 4.69) is 12.2 Å². The van der Waals surface area contributed by atoms with E-state index in [0.717, 1.165) is 35.5 Å². The number of ketones is 1. The van der Waals surface area contributed by atoms with E-state index in [4.69, 9.17) is 16.3 Å². The summed E-state index contributed by atoms with van der Waals surface area (Å²) >= 11 is 6.45. The van der Waals surface area contributed by atoms with Crippen molar-refractivity contribution in [3.05, 3.63) is 94.0 Å². The molecule has 144 valence electrons. The van der Waals surface area contributed by atoms with E-state index >= 15 is 0 Å². The molecule has 0 aromatic heterocycles. The Balaban J connectivity index is 1.80. The van der Waals surface area contributed by atoms with Crippen molar-refractivity contribution < 1.29 is 9.53 Å². The van der Waals surface area contributed by atoms with Crippen LogP contribution >= 0.6 is 11.6 Å². The fourth-order valence-electron chi connectivity index (χ4n) is 3.00. The Morgan fingerprint density at radius 2 is 1.75 bits per heavy atom. The van der Waals surface area contributed by atoms with Gasteiger partial charge in [-0.3, -0.25) is 4.79 Å². The first-order chi connectivity index (χ1) is 13.6. The zero-order chi connectivity index (χ0) is 19.9. The van der Waals surface area contributed by atoms with Crippen molar-refractivity contribution in [2.75, 3.05) is 11.9 Å². The monoisotopic (exact) mass is 393 g/mol. The molecule has 0 amide bonds. The first-order valence-electron chi connectivity index (χ1n) is 9.42. The molecule has 0 radical (unpaired) electrons. The highest BCUT2D eigenvalue weighted by Crippen LogP contribution is 2.28. The maximum Gasteiger partial charge on any atom is 0.194 e. The molecule has 0 aliphatic heterocycles. The van der Waals surface area contributed by atoms with Crippen molar-refractivity contribution in [2.24, 2.45) is 0 Å². The van der Waals surface area contributed by atoms with Crippen molar-refractivity contribution in [2.45, 2.75) is 26.9 Å². The lowest BCUT2D eigenvalue weighted by Crippen LogP contribution is -2.05. The number of hydrogen-bond acceptors (Lipinski definition) is 3. The lowest BCUT2D eigenvalue weighted by atomic mass is 9.99. The molecule has 1 N–H and O–H groups in total. The predicted octanol–water partition coefficient (Wildman–Crippen LogP) is 6.55. The largest absolute Gasteiger partial charge is 0.377 e. The molecule has 0 fully saturated rings. The highest BCUT2D eigenvalue weighted by atomic mass is 35.5. The van der Waals surface area contributed by atoms with Gasteiger partial charge in [0.1, 0.15) is 0 Å². The van der Waals surface area contributed by atoms with Crippen LogP contribution in [0.1, 0.15) is 40.4 Å². The zero-order valence-electron chi connectivity index (χ0n) is 16.2. The number of halogens is 1. The lowest BCUT2D eigenvalue weighted by Gasteiger charge is -2.14. The molecule has 0 aliphatic carbocycles. The molecule has 0 aliphatic rings. The first kappa shape index (κ1) is 20.1. The molecule has 0 heterocycles. The molecular weight excluding hydrogens is 370 g/mol. The zero-order valence-corrected chi connectivity index (χ0v) is 16.9. The number of ether oxygens (including phenoxy) is 1. The number of carbonyl (C=O) groups is 1. The van der Waals surface area contributed by atoms with Crippen LogP contribution in [0.5, 0.6) is 0 Å². The van der Waals surface area contributed by atoms with Crippen molar-refractivity contribution >= 4 is 28.8 Å². The summed E-state index contributed by atoms with van der Waals surface area (Å²) in [6.45, 7) is 5.30. The van der Waals surface area contributed by atoms with E-state index in [-0.39, 0.29) is 5.78 Å². The van der Waals surface area contributed by atoms with Gasteiger partial charge in [0.05, 0.1) is 11.6 Å². The summed E-state index contributed by atoms with van der Waals surface area (Å²) in [5, 5.41) is 3.81. The van der Waals surface area contributed by atoms with E-state index in [9.17, 15) is 4.79 Å². The van der Waals surface area contributed by atoms with Crippen LogP contribution in [0.4, 0.5) is 11.4 Å². The third-order valence-corrected chi connectivity index (χ3v) is 4.82. The molecule has 0 spiro atoms. The molecule has 3 aromatic rings. The maximum atomic E-state index is 12.8. The molecule has 28 heavy (non-hydrogen) atoms. The average molecular weight is 394 g/mol. The van der Waals surface area contributed by atoms with E-state index in [0.29, 0.717) is 22.8 Å². The minimum atomic E-state index is -0.0667. The van der Waals surface area contributed by atoms with Gasteiger partial charge in [-0.05, 0) is 43.2 Å². The highest BCUT2D eigenvalue weighted by Gasteiger charge is 2.15. The number of carbonyl (C=O) groups excluding carboxylic acids is 1. The number of rotatable bonds is 8. The van der Waals surface area contributed by atoms with Gasteiger partial charge in [-0.2, -0.15) is 0 Å². The number of para-hydroxylation sites is 1. The topological polar surface area (TPSA) is 38.3 Å². The van der Waals surface area contributed by atoms with Gasteiger partial charge >= 0.3 is 0 Å². The molecule has 0 unspecified atom stereocenters. The van der Waals surface area contributed by atoms with Gasteiger partial charge in [0.25, 0.3) is 0 Å². The normalized spacial score (nSPS) is 10.7. The van der Waals surface area contributed by atoms with Gasteiger partial charge in [0, 0.05) is 34.7 Å². The van der Waals surface area contributed by atoms with E-state index in [1.807, 2.05) is 61.5 Å². The average Bonchev–Trinajstić information content (AvgIpc) is 2.69. The van der Waals surface area contributed by atoms with Crippen LogP contribution in [0, 0.1) is 6.92 Å². The Morgan fingerprint density at radius 3 is 2.50 bits per heavy atom. The van der Waals surface area contributed by atoms with Gasteiger partial charge in [-0.15, -0.1) is 0 Å². The standard InChI is InChI=1S/C24H24ClNO2/c1-3-14-28-16-18-9-5-7-11-23(18)26-19-12-13-21(22(25)15-19)24(27)20-10-6-4-8-17(20)2/h4-13,15,26H,3,14,16H2,1-2H3. The van der Waals surface area contributed by atoms with Crippen LogP contribution in [-0.2, 0) is 11.3 Å². The Labute approximate surface area is 171 Å². The van der Waals surface area contributed by atoms with E-state index in [1.165, 1.54) is 0 Å². The quantitative estimate of drug-likeness (QED) is 0.348. The number of aryl methyl sites for hydroxylation is 1. The van der Waals surface area contributed by atoms with Gasteiger partial charge in [-0.25, -0.2) is 0 Å². The first-order valence-corrected chi connectivity index (χ1v) is 9.80. The van der Waals surface area contributed by atoms with Crippen LogP contribution < -0.4 is 5.32 Å². The number of benzene rings is 3. The summed E-state index contributed by atoms with van der Waals surface area (Å²) in [7, 11) is 0. The summed E-state index contributed by atoms with van der Waals surface area (Å²) in [6, 6.07) is 21.0. The van der Waals surface area contributed by atoms with Crippen molar-refractivity contribution in [3.63, 3.8) is 0 Å². The molecule has 0 atom stereocenters. The Morgan fingerprint density at radius 1 is 1.00 bits per heavy atom. The van der Waals surface area contributed by atoms with Gasteiger partial charge in [0.2, 0.25) is 0 Å². The molecule has 3 aromatic carbocycles. The van der Waals surface area contributed by atoms with Crippen LogP contribution in [0.15, 0.2) is 66.7 Å². The van der Waals surface area contributed by atoms with Gasteiger partial charge in [0.15, 0.2) is 5.78 Å². The Hall–Kier alpha value is -2.62. The molecule has 0 bridgehead atoms.